The van der Waals surface area contributed by atoms with E-state index in [0.717, 1.165) is 12.2 Å². The molecular formula is C10H14OS. The van der Waals surface area contributed by atoms with Gasteiger partial charge in [0.05, 0.1) is 7.11 Å². The number of methoxy groups -OCH3 is 1. The lowest BCUT2D eigenvalue weighted by Crippen LogP contribution is -1.96. The van der Waals surface area contributed by atoms with Crippen molar-refractivity contribution in [2.45, 2.75) is 18.6 Å². The largest absolute Gasteiger partial charge is 0.497 e. The second-order valence-corrected chi connectivity index (χ2v) is 3.78. The van der Waals surface area contributed by atoms with Gasteiger partial charge < -0.3 is 4.74 Å². The minimum atomic E-state index is 0.415. The fourth-order valence-electron chi connectivity index (χ4n) is 1.10. The molecule has 0 radical (unpaired) electrons. The van der Waals surface area contributed by atoms with Gasteiger partial charge in [0.25, 0.3) is 0 Å². The van der Waals surface area contributed by atoms with Gasteiger partial charge in [0.15, 0.2) is 0 Å². The van der Waals surface area contributed by atoms with Crippen LogP contribution in [-0.2, 0) is 6.42 Å². The molecule has 0 N–H and O–H groups in total. The van der Waals surface area contributed by atoms with E-state index >= 15 is 0 Å². The highest BCUT2D eigenvalue weighted by molar-refractivity contribution is 7.80. The number of thiol groups is 1. The van der Waals surface area contributed by atoms with Crippen molar-refractivity contribution in [3.05, 3.63) is 29.8 Å². The number of rotatable bonds is 3. The van der Waals surface area contributed by atoms with E-state index < -0.39 is 0 Å². The normalized spacial score (nSPS) is 12.6. The van der Waals surface area contributed by atoms with E-state index in [2.05, 4.69) is 31.7 Å². The smallest absolute Gasteiger partial charge is 0.118 e. The van der Waals surface area contributed by atoms with Gasteiger partial charge in [0, 0.05) is 5.25 Å². The molecule has 0 aliphatic carbocycles. The van der Waals surface area contributed by atoms with E-state index in [9.17, 15) is 0 Å². The van der Waals surface area contributed by atoms with Crippen molar-refractivity contribution in [1.82, 2.24) is 0 Å². The summed E-state index contributed by atoms with van der Waals surface area (Å²) >= 11 is 4.33. The van der Waals surface area contributed by atoms with Crippen molar-refractivity contribution in [3.8, 4) is 5.75 Å². The number of hydrogen-bond acceptors (Lipinski definition) is 2. The maximum atomic E-state index is 5.06. The van der Waals surface area contributed by atoms with Gasteiger partial charge in [-0.05, 0) is 24.1 Å². The Morgan fingerprint density at radius 2 is 1.92 bits per heavy atom. The maximum Gasteiger partial charge on any atom is 0.118 e. The summed E-state index contributed by atoms with van der Waals surface area (Å²) in [4.78, 5) is 0. The predicted molar refractivity (Wildman–Crippen MR) is 55.1 cm³/mol. The molecule has 1 unspecified atom stereocenters. The summed E-state index contributed by atoms with van der Waals surface area (Å²) < 4.78 is 5.06. The molecule has 1 aromatic rings. The van der Waals surface area contributed by atoms with Crippen LogP contribution in [0.1, 0.15) is 12.5 Å². The third-order valence-electron chi connectivity index (χ3n) is 1.69. The number of hydrogen-bond donors (Lipinski definition) is 1. The Morgan fingerprint density at radius 3 is 2.33 bits per heavy atom. The summed E-state index contributed by atoms with van der Waals surface area (Å²) in [5, 5.41) is 0.415. The molecule has 1 nitrogen and oxygen atoms in total. The first kappa shape index (κ1) is 9.46. The van der Waals surface area contributed by atoms with Crippen LogP contribution in [0.5, 0.6) is 5.75 Å². The highest BCUT2D eigenvalue weighted by Crippen LogP contribution is 2.13. The van der Waals surface area contributed by atoms with E-state index in [0.29, 0.717) is 5.25 Å². The van der Waals surface area contributed by atoms with Gasteiger partial charge in [-0.2, -0.15) is 12.6 Å². The highest BCUT2D eigenvalue weighted by Gasteiger charge is 1.97. The molecule has 0 amide bonds. The van der Waals surface area contributed by atoms with E-state index in [-0.39, 0.29) is 0 Å². The molecule has 2 heteroatoms. The molecular weight excluding hydrogens is 168 g/mol. The minimum Gasteiger partial charge on any atom is -0.497 e. The van der Waals surface area contributed by atoms with Gasteiger partial charge in [0.2, 0.25) is 0 Å². The molecule has 1 atom stereocenters. The Labute approximate surface area is 79.2 Å². The lowest BCUT2D eigenvalue weighted by atomic mass is 10.1. The van der Waals surface area contributed by atoms with Crippen molar-refractivity contribution >= 4 is 12.6 Å². The molecule has 0 fully saturated rings. The van der Waals surface area contributed by atoms with Crippen LogP contribution in [0.25, 0.3) is 0 Å². The first-order chi connectivity index (χ1) is 5.72. The first-order valence-corrected chi connectivity index (χ1v) is 4.55. The van der Waals surface area contributed by atoms with Crippen molar-refractivity contribution in [3.63, 3.8) is 0 Å². The summed E-state index contributed by atoms with van der Waals surface area (Å²) in [5.74, 6) is 0.908. The van der Waals surface area contributed by atoms with Crippen molar-refractivity contribution in [1.29, 1.82) is 0 Å². The lowest BCUT2D eigenvalue weighted by Gasteiger charge is -2.04. The summed E-state index contributed by atoms with van der Waals surface area (Å²) in [6.45, 7) is 2.09. The van der Waals surface area contributed by atoms with Crippen LogP contribution < -0.4 is 4.74 Å². The van der Waals surface area contributed by atoms with E-state index in [1.54, 1.807) is 7.11 Å². The molecule has 0 aliphatic rings. The Hall–Kier alpha value is -0.630. The average molecular weight is 182 g/mol. The number of ether oxygens (including phenoxy) is 1. The van der Waals surface area contributed by atoms with E-state index in [4.69, 9.17) is 4.74 Å². The van der Waals surface area contributed by atoms with Crippen LogP contribution in [0.15, 0.2) is 24.3 Å². The molecule has 12 heavy (non-hydrogen) atoms. The topological polar surface area (TPSA) is 9.23 Å². The molecule has 0 heterocycles. The SMILES string of the molecule is COc1ccc(CC(C)S)cc1. The van der Waals surface area contributed by atoms with Gasteiger partial charge >= 0.3 is 0 Å². The second-order valence-electron chi connectivity index (χ2n) is 2.90. The summed E-state index contributed by atoms with van der Waals surface area (Å²) in [6.07, 6.45) is 1.01. The van der Waals surface area contributed by atoms with Gasteiger partial charge in [0.1, 0.15) is 5.75 Å². The fraction of sp³-hybridized carbons (Fsp3) is 0.400. The molecule has 0 spiro atoms. The minimum absolute atomic E-state index is 0.415. The molecule has 0 aromatic heterocycles. The lowest BCUT2D eigenvalue weighted by molar-refractivity contribution is 0.414. The summed E-state index contributed by atoms with van der Waals surface area (Å²) in [6, 6.07) is 8.11. The summed E-state index contributed by atoms with van der Waals surface area (Å²) in [5.41, 5.74) is 1.30. The molecule has 0 saturated carbocycles. The maximum absolute atomic E-state index is 5.06. The zero-order valence-electron chi connectivity index (χ0n) is 7.45. The Balaban J connectivity index is 2.65. The second kappa shape index (κ2) is 4.41. The molecule has 1 rings (SSSR count). The van der Waals surface area contributed by atoms with Crippen molar-refractivity contribution in [2.24, 2.45) is 0 Å². The Bertz CT molecular complexity index is 228. The first-order valence-electron chi connectivity index (χ1n) is 4.03. The van der Waals surface area contributed by atoms with Crippen LogP contribution in [0.4, 0.5) is 0 Å². The van der Waals surface area contributed by atoms with Gasteiger partial charge in [-0.25, -0.2) is 0 Å². The summed E-state index contributed by atoms with van der Waals surface area (Å²) in [7, 11) is 1.68. The third kappa shape index (κ3) is 2.78. The van der Waals surface area contributed by atoms with Gasteiger partial charge in [-0.15, -0.1) is 0 Å². The molecule has 0 bridgehead atoms. The molecule has 66 valence electrons. The third-order valence-corrected chi connectivity index (χ3v) is 1.87. The Morgan fingerprint density at radius 1 is 1.33 bits per heavy atom. The average Bonchev–Trinajstić information content (AvgIpc) is 2.05. The van der Waals surface area contributed by atoms with Gasteiger partial charge in [-0.1, -0.05) is 19.1 Å². The number of benzene rings is 1. The van der Waals surface area contributed by atoms with Crippen LogP contribution in [0.3, 0.4) is 0 Å². The zero-order valence-corrected chi connectivity index (χ0v) is 8.34. The van der Waals surface area contributed by atoms with Gasteiger partial charge in [-0.3, -0.25) is 0 Å². The highest BCUT2D eigenvalue weighted by atomic mass is 32.1. The Kier molecular flexibility index (Phi) is 3.48. The quantitative estimate of drug-likeness (QED) is 0.707. The van der Waals surface area contributed by atoms with E-state index in [1.807, 2.05) is 12.1 Å². The predicted octanol–water partition coefficient (Wildman–Crippen LogP) is 2.56. The molecule has 0 aliphatic heterocycles. The zero-order chi connectivity index (χ0) is 8.97. The van der Waals surface area contributed by atoms with Crippen molar-refractivity contribution < 1.29 is 4.74 Å². The standard InChI is InChI=1S/C10H14OS/c1-8(12)7-9-3-5-10(11-2)6-4-9/h3-6,8,12H,7H2,1-2H3. The molecule has 0 saturated heterocycles. The van der Waals surface area contributed by atoms with Crippen LogP contribution >= 0.6 is 12.6 Å². The van der Waals surface area contributed by atoms with Crippen LogP contribution in [0.2, 0.25) is 0 Å². The molecule has 1 aromatic carbocycles. The van der Waals surface area contributed by atoms with Crippen molar-refractivity contribution in [2.75, 3.05) is 7.11 Å². The monoisotopic (exact) mass is 182 g/mol. The van der Waals surface area contributed by atoms with E-state index in [1.165, 1.54) is 5.56 Å². The van der Waals surface area contributed by atoms with Crippen LogP contribution in [0, 0.1) is 0 Å². The van der Waals surface area contributed by atoms with Crippen LogP contribution in [-0.4, -0.2) is 12.4 Å². The fourth-order valence-corrected chi connectivity index (χ4v) is 1.31.